The first-order chi connectivity index (χ1) is 15.5. The number of fused-ring (bicyclic) bond motifs is 1. The van der Waals surface area contributed by atoms with E-state index < -0.39 is 0 Å². The van der Waals surface area contributed by atoms with Crippen molar-refractivity contribution in [3.05, 3.63) is 46.8 Å². The minimum absolute atomic E-state index is 0.223. The van der Waals surface area contributed by atoms with E-state index in [4.69, 9.17) is 22.3 Å². The highest BCUT2D eigenvalue weighted by Gasteiger charge is 2.12. The molecule has 172 valence electrons. The molecule has 0 aliphatic carbocycles. The molecule has 3 aromatic rings. The van der Waals surface area contributed by atoms with Crippen molar-refractivity contribution in [3.63, 3.8) is 0 Å². The van der Waals surface area contributed by atoms with Crippen LogP contribution in [0.2, 0.25) is 0 Å². The highest BCUT2D eigenvalue weighted by molar-refractivity contribution is 6.18. The first kappa shape index (κ1) is 23.8. The lowest BCUT2D eigenvalue weighted by molar-refractivity contribution is -0.107. The molecule has 8 nitrogen and oxygen atoms in total. The Hall–Kier alpha value is -2.87. The maximum Gasteiger partial charge on any atom is 0.349 e. The van der Waals surface area contributed by atoms with Crippen LogP contribution in [-0.2, 0) is 24.8 Å². The molecular formula is C23H31ClN6O2. The predicted molar refractivity (Wildman–Crippen MR) is 129 cm³/mol. The third kappa shape index (κ3) is 6.09. The number of benzene rings is 1. The lowest BCUT2D eigenvalue weighted by atomic mass is 10.1. The summed E-state index contributed by atoms with van der Waals surface area (Å²) in [5.41, 5.74) is 8.28. The van der Waals surface area contributed by atoms with Crippen LogP contribution >= 0.6 is 11.6 Å². The summed E-state index contributed by atoms with van der Waals surface area (Å²) in [6.45, 7) is 1.76. The van der Waals surface area contributed by atoms with Crippen LogP contribution < -0.4 is 16.3 Å². The summed E-state index contributed by atoms with van der Waals surface area (Å²) >= 11 is 6.05. The maximum absolute atomic E-state index is 12.0. The number of anilines is 2. The number of halogens is 1. The van der Waals surface area contributed by atoms with Crippen molar-refractivity contribution in [3.8, 4) is 0 Å². The second kappa shape index (κ2) is 11.7. The first-order valence-corrected chi connectivity index (χ1v) is 11.6. The third-order valence-corrected chi connectivity index (χ3v) is 5.82. The average molecular weight is 459 g/mol. The third-order valence-electron chi connectivity index (χ3n) is 5.66. The summed E-state index contributed by atoms with van der Waals surface area (Å²) in [7, 11) is 2.05. The standard InChI is InChI=1S/C23H31ClN6O2/c1-28-20-9-8-18(17-19(20)26-22(28)7-5-3-2-4-6-16-31)29(13-11-24)14-15-30-12-10-21(25)27-23(30)32/h8-10,12,16-17H,2-7,11,13-15H2,1H3,(H2,25,27,32). The molecule has 0 aliphatic rings. The largest absolute Gasteiger partial charge is 0.383 e. The Labute approximate surface area is 193 Å². The highest BCUT2D eigenvalue weighted by atomic mass is 35.5. The van der Waals surface area contributed by atoms with E-state index in [1.807, 2.05) is 7.05 Å². The number of hydrogen-bond donors (Lipinski definition) is 1. The molecule has 0 amide bonds. The number of imidazole rings is 1. The number of aromatic nitrogens is 4. The minimum atomic E-state index is -0.355. The molecule has 0 atom stereocenters. The number of hydrogen-bond acceptors (Lipinski definition) is 6. The van der Waals surface area contributed by atoms with Gasteiger partial charge in [0.25, 0.3) is 0 Å². The van der Waals surface area contributed by atoms with E-state index in [-0.39, 0.29) is 11.5 Å². The molecule has 0 saturated carbocycles. The quantitative estimate of drug-likeness (QED) is 0.240. The number of nitrogens with two attached hydrogens (primary N) is 1. The van der Waals surface area contributed by atoms with Gasteiger partial charge in [-0.1, -0.05) is 12.8 Å². The van der Waals surface area contributed by atoms with Gasteiger partial charge >= 0.3 is 5.69 Å². The second-order valence-corrected chi connectivity index (χ2v) is 8.26. The zero-order valence-electron chi connectivity index (χ0n) is 18.5. The van der Waals surface area contributed by atoms with Gasteiger partial charge in [0.05, 0.1) is 11.0 Å². The van der Waals surface area contributed by atoms with Crippen LogP contribution in [0.3, 0.4) is 0 Å². The predicted octanol–water partition coefficient (Wildman–Crippen LogP) is 3.15. The number of aldehydes is 1. The molecule has 0 unspecified atom stereocenters. The van der Waals surface area contributed by atoms with E-state index in [0.29, 0.717) is 31.9 Å². The van der Waals surface area contributed by atoms with Crippen LogP contribution in [-0.4, -0.2) is 44.4 Å². The van der Waals surface area contributed by atoms with E-state index in [1.165, 1.54) is 0 Å². The fraction of sp³-hybridized carbons (Fsp3) is 0.478. The van der Waals surface area contributed by atoms with Crippen LogP contribution in [0.1, 0.15) is 37.9 Å². The van der Waals surface area contributed by atoms with Gasteiger partial charge in [-0.2, -0.15) is 4.98 Å². The van der Waals surface area contributed by atoms with Crippen molar-refractivity contribution in [2.24, 2.45) is 7.05 Å². The van der Waals surface area contributed by atoms with Gasteiger partial charge in [0.15, 0.2) is 0 Å². The van der Waals surface area contributed by atoms with Crippen LogP contribution in [0.4, 0.5) is 11.5 Å². The van der Waals surface area contributed by atoms with Crippen molar-refractivity contribution >= 4 is 40.4 Å². The van der Waals surface area contributed by atoms with E-state index in [2.05, 4.69) is 32.7 Å². The number of nitrogens with zero attached hydrogens (tertiary/aromatic N) is 5. The van der Waals surface area contributed by atoms with Gasteiger partial charge in [0.2, 0.25) is 0 Å². The van der Waals surface area contributed by atoms with E-state index in [0.717, 1.165) is 60.9 Å². The Morgan fingerprint density at radius 3 is 2.69 bits per heavy atom. The Morgan fingerprint density at radius 2 is 1.94 bits per heavy atom. The SMILES string of the molecule is Cn1c(CCCCCCC=O)nc2cc(N(CCCl)CCn3ccc(N)nc3=O)ccc21. The molecule has 32 heavy (non-hydrogen) atoms. The maximum atomic E-state index is 12.0. The van der Waals surface area contributed by atoms with Gasteiger partial charge in [-0.15, -0.1) is 11.6 Å². The van der Waals surface area contributed by atoms with Gasteiger partial charge in [-0.25, -0.2) is 9.78 Å². The molecule has 0 fully saturated rings. The summed E-state index contributed by atoms with van der Waals surface area (Å²) in [6, 6.07) is 7.86. The molecule has 0 saturated heterocycles. The number of carbonyl (C=O) groups is 1. The Morgan fingerprint density at radius 1 is 1.12 bits per heavy atom. The number of carbonyl (C=O) groups excluding carboxylic acids is 1. The Kier molecular flexibility index (Phi) is 8.67. The number of aryl methyl sites for hydroxylation is 2. The number of rotatable bonds is 13. The number of alkyl halides is 1. The van der Waals surface area contributed by atoms with Crippen LogP contribution in [0, 0.1) is 0 Å². The van der Waals surface area contributed by atoms with Crippen molar-refractivity contribution in [2.45, 2.75) is 45.1 Å². The lowest BCUT2D eigenvalue weighted by Crippen LogP contribution is -2.33. The lowest BCUT2D eigenvalue weighted by Gasteiger charge is -2.24. The van der Waals surface area contributed by atoms with Crippen LogP contribution in [0.15, 0.2) is 35.3 Å². The molecule has 2 N–H and O–H groups in total. The van der Waals surface area contributed by atoms with Crippen molar-refractivity contribution in [1.29, 1.82) is 0 Å². The van der Waals surface area contributed by atoms with Crippen LogP contribution in [0.25, 0.3) is 11.0 Å². The van der Waals surface area contributed by atoms with Crippen molar-refractivity contribution < 1.29 is 4.79 Å². The summed E-state index contributed by atoms with van der Waals surface area (Å²) in [6.07, 6.45) is 8.42. The smallest absolute Gasteiger partial charge is 0.349 e. The molecule has 0 bridgehead atoms. The minimum Gasteiger partial charge on any atom is -0.383 e. The fourth-order valence-corrected chi connectivity index (χ4v) is 4.04. The van der Waals surface area contributed by atoms with E-state index in [1.54, 1.807) is 16.8 Å². The molecule has 3 rings (SSSR count). The average Bonchev–Trinajstić information content (AvgIpc) is 3.09. The molecule has 2 heterocycles. The summed E-state index contributed by atoms with van der Waals surface area (Å²) in [5.74, 6) is 1.77. The van der Waals surface area contributed by atoms with Gasteiger partial charge in [-0.3, -0.25) is 4.57 Å². The molecular weight excluding hydrogens is 428 g/mol. The fourth-order valence-electron chi connectivity index (χ4n) is 3.84. The molecule has 0 spiro atoms. The zero-order chi connectivity index (χ0) is 22.9. The normalized spacial score (nSPS) is 11.2. The Balaban J connectivity index is 1.69. The van der Waals surface area contributed by atoms with E-state index >= 15 is 0 Å². The Bertz CT molecular complexity index is 1090. The number of nitrogen functional groups attached to an aromatic ring is 1. The highest BCUT2D eigenvalue weighted by Crippen LogP contribution is 2.23. The van der Waals surface area contributed by atoms with Crippen molar-refractivity contribution in [2.75, 3.05) is 29.6 Å². The summed E-state index contributed by atoms with van der Waals surface area (Å²) in [5, 5.41) is 0. The zero-order valence-corrected chi connectivity index (χ0v) is 19.3. The monoisotopic (exact) mass is 458 g/mol. The molecule has 2 aromatic heterocycles. The number of unbranched alkanes of at least 4 members (excludes halogenated alkanes) is 4. The molecule has 9 heteroatoms. The summed E-state index contributed by atoms with van der Waals surface area (Å²) in [4.78, 5) is 33.2. The molecule has 0 aliphatic heterocycles. The summed E-state index contributed by atoms with van der Waals surface area (Å²) < 4.78 is 3.69. The van der Waals surface area contributed by atoms with Crippen LogP contribution in [0.5, 0.6) is 0 Å². The van der Waals surface area contributed by atoms with Gasteiger partial charge in [0, 0.05) is 57.3 Å². The van der Waals surface area contributed by atoms with Crippen molar-refractivity contribution in [1.82, 2.24) is 19.1 Å². The van der Waals surface area contributed by atoms with E-state index in [9.17, 15) is 9.59 Å². The van der Waals surface area contributed by atoms with Gasteiger partial charge in [-0.05, 0) is 37.1 Å². The second-order valence-electron chi connectivity index (χ2n) is 7.88. The molecule has 0 radical (unpaired) electrons. The topological polar surface area (TPSA) is 99.0 Å². The van der Waals surface area contributed by atoms with Gasteiger partial charge in [0.1, 0.15) is 17.9 Å². The first-order valence-electron chi connectivity index (χ1n) is 11.1. The molecule has 1 aromatic carbocycles. The van der Waals surface area contributed by atoms with Gasteiger partial charge < -0.3 is 20.0 Å².